The maximum Gasteiger partial charge on any atom is 0.254 e. The molecule has 1 aromatic carbocycles. The molecule has 4 heteroatoms. The molecule has 98 valence electrons. The van der Waals surface area contributed by atoms with Crippen LogP contribution in [-0.4, -0.2) is 25.0 Å². The Balaban J connectivity index is 2.09. The number of carbonyl (C=O) groups excluding carboxylic acids is 1. The first-order chi connectivity index (χ1) is 8.58. The van der Waals surface area contributed by atoms with E-state index < -0.39 is 5.82 Å². The van der Waals surface area contributed by atoms with Gasteiger partial charge in [-0.25, -0.2) is 4.39 Å². The van der Waals surface area contributed by atoms with Crippen LogP contribution in [-0.2, 0) is 0 Å². The van der Waals surface area contributed by atoms with Crippen LogP contribution in [0.25, 0.3) is 0 Å². The number of hydrogen-bond acceptors (Lipinski definition) is 2. The molecule has 0 aliphatic carbocycles. The normalized spacial score (nSPS) is 23.7. The molecule has 1 aliphatic rings. The van der Waals surface area contributed by atoms with Gasteiger partial charge < -0.3 is 10.6 Å². The standard InChI is InChI=1S/C14H19FN2O/c1-9-3-4-12(15)11(7-9)14(18)17-13-5-6-16-8-10(13)2/h3-4,7,10,13,16H,5-6,8H2,1-2H3,(H,17,18). The Kier molecular flexibility index (Phi) is 3.97. The van der Waals surface area contributed by atoms with Crippen LogP contribution in [0.2, 0.25) is 0 Å². The van der Waals surface area contributed by atoms with Crippen LogP contribution in [0, 0.1) is 18.7 Å². The summed E-state index contributed by atoms with van der Waals surface area (Å²) in [5.41, 5.74) is 1.03. The lowest BCUT2D eigenvalue weighted by Crippen LogP contribution is -2.48. The van der Waals surface area contributed by atoms with Crippen LogP contribution in [0.15, 0.2) is 18.2 Å². The van der Waals surface area contributed by atoms with Gasteiger partial charge in [0, 0.05) is 6.04 Å². The van der Waals surface area contributed by atoms with Gasteiger partial charge in [-0.05, 0) is 44.5 Å². The largest absolute Gasteiger partial charge is 0.349 e. The smallest absolute Gasteiger partial charge is 0.254 e. The van der Waals surface area contributed by atoms with Gasteiger partial charge in [0.15, 0.2) is 0 Å². The summed E-state index contributed by atoms with van der Waals surface area (Å²) in [5, 5.41) is 6.21. The second kappa shape index (κ2) is 5.48. The van der Waals surface area contributed by atoms with E-state index in [0.717, 1.165) is 25.1 Å². The number of carbonyl (C=O) groups is 1. The maximum atomic E-state index is 13.6. The lowest BCUT2D eigenvalue weighted by molar-refractivity contribution is 0.0910. The predicted octanol–water partition coefficient (Wildman–Crippen LogP) is 1.86. The molecule has 1 fully saturated rings. The highest BCUT2D eigenvalue weighted by molar-refractivity contribution is 5.94. The van der Waals surface area contributed by atoms with Gasteiger partial charge in [-0.2, -0.15) is 0 Å². The van der Waals surface area contributed by atoms with Gasteiger partial charge in [-0.15, -0.1) is 0 Å². The lowest BCUT2D eigenvalue weighted by atomic mass is 9.95. The van der Waals surface area contributed by atoms with E-state index >= 15 is 0 Å². The fourth-order valence-electron chi connectivity index (χ4n) is 2.29. The van der Waals surface area contributed by atoms with Gasteiger partial charge >= 0.3 is 0 Å². The van der Waals surface area contributed by atoms with Crippen LogP contribution >= 0.6 is 0 Å². The molecule has 2 atom stereocenters. The summed E-state index contributed by atoms with van der Waals surface area (Å²) in [6.45, 7) is 5.72. The van der Waals surface area contributed by atoms with E-state index in [0.29, 0.717) is 5.92 Å². The van der Waals surface area contributed by atoms with Gasteiger partial charge in [0.2, 0.25) is 0 Å². The third kappa shape index (κ3) is 2.88. The summed E-state index contributed by atoms with van der Waals surface area (Å²) >= 11 is 0. The van der Waals surface area contributed by atoms with Crippen LogP contribution in [0.1, 0.15) is 29.3 Å². The summed E-state index contributed by atoms with van der Waals surface area (Å²) in [7, 11) is 0. The van der Waals surface area contributed by atoms with Crippen LogP contribution in [0.4, 0.5) is 4.39 Å². The van der Waals surface area contributed by atoms with Crippen molar-refractivity contribution in [2.75, 3.05) is 13.1 Å². The van der Waals surface area contributed by atoms with Crippen LogP contribution in [0.5, 0.6) is 0 Å². The number of benzene rings is 1. The van der Waals surface area contributed by atoms with Crippen molar-refractivity contribution in [1.29, 1.82) is 0 Å². The first kappa shape index (κ1) is 13.0. The van der Waals surface area contributed by atoms with Crippen molar-refractivity contribution in [3.8, 4) is 0 Å². The van der Waals surface area contributed by atoms with E-state index in [1.54, 1.807) is 12.1 Å². The summed E-state index contributed by atoms with van der Waals surface area (Å²) in [5.74, 6) is -0.398. The Morgan fingerprint density at radius 1 is 1.50 bits per heavy atom. The number of halogens is 1. The SMILES string of the molecule is Cc1ccc(F)c(C(=O)NC2CCNCC2C)c1. The minimum atomic E-state index is -0.459. The molecule has 1 aliphatic heterocycles. The number of nitrogens with one attached hydrogen (secondary N) is 2. The van der Waals surface area contributed by atoms with E-state index in [2.05, 4.69) is 17.6 Å². The van der Waals surface area contributed by atoms with Crippen LogP contribution in [0.3, 0.4) is 0 Å². The highest BCUT2D eigenvalue weighted by Crippen LogP contribution is 2.14. The van der Waals surface area contributed by atoms with Gasteiger partial charge in [-0.3, -0.25) is 4.79 Å². The average Bonchev–Trinajstić information content (AvgIpc) is 2.35. The zero-order chi connectivity index (χ0) is 13.1. The number of rotatable bonds is 2. The maximum absolute atomic E-state index is 13.6. The summed E-state index contributed by atoms with van der Waals surface area (Å²) < 4.78 is 13.6. The van der Waals surface area contributed by atoms with Crippen molar-refractivity contribution >= 4 is 5.91 Å². The monoisotopic (exact) mass is 250 g/mol. The molecule has 0 radical (unpaired) electrons. The molecule has 0 bridgehead atoms. The highest BCUT2D eigenvalue weighted by atomic mass is 19.1. The lowest BCUT2D eigenvalue weighted by Gasteiger charge is -2.30. The molecule has 2 rings (SSSR count). The Bertz CT molecular complexity index is 447. The number of piperidine rings is 1. The van der Waals surface area contributed by atoms with Crippen molar-refractivity contribution in [2.24, 2.45) is 5.92 Å². The Labute approximate surface area is 107 Å². The van der Waals surface area contributed by atoms with Crippen molar-refractivity contribution < 1.29 is 9.18 Å². The Morgan fingerprint density at radius 3 is 3.00 bits per heavy atom. The minimum Gasteiger partial charge on any atom is -0.349 e. The molecule has 1 saturated heterocycles. The summed E-state index contributed by atoms with van der Waals surface area (Å²) in [6, 6.07) is 4.73. The third-order valence-electron chi connectivity index (χ3n) is 3.47. The van der Waals surface area contributed by atoms with Gasteiger partial charge in [0.25, 0.3) is 5.91 Å². The molecule has 18 heavy (non-hydrogen) atoms. The molecule has 0 aromatic heterocycles. The van der Waals surface area contributed by atoms with Gasteiger partial charge in [-0.1, -0.05) is 18.6 Å². The molecule has 3 nitrogen and oxygen atoms in total. The van der Waals surface area contributed by atoms with E-state index in [1.807, 2.05) is 6.92 Å². The average molecular weight is 250 g/mol. The summed E-state index contributed by atoms with van der Waals surface area (Å²) in [6.07, 6.45) is 0.889. The molecule has 0 saturated carbocycles. The van der Waals surface area contributed by atoms with E-state index in [-0.39, 0.29) is 17.5 Å². The molecule has 1 amide bonds. The van der Waals surface area contributed by atoms with Gasteiger partial charge in [0.05, 0.1) is 5.56 Å². The van der Waals surface area contributed by atoms with E-state index in [9.17, 15) is 9.18 Å². The van der Waals surface area contributed by atoms with Gasteiger partial charge in [0.1, 0.15) is 5.82 Å². The second-order valence-corrected chi connectivity index (χ2v) is 5.03. The molecule has 1 aromatic rings. The first-order valence-electron chi connectivity index (χ1n) is 6.35. The van der Waals surface area contributed by atoms with E-state index in [1.165, 1.54) is 6.07 Å². The van der Waals surface area contributed by atoms with Crippen molar-refractivity contribution in [1.82, 2.24) is 10.6 Å². The zero-order valence-electron chi connectivity index (χ0n) is 10.8. The molecule has 2 N–H and O–H groups in total. The van der Waals surface area contributed by atoms with Crippen molar-refractivity contribution in [3.63, 3.8) is 0 Å². The quantitative estimate of drug-likeness (QED) is 0.841. The number of aryl methyl sites for hydroxylation is 1. The predicted molar refractivity (Wildman–Crippen MR) is 69.0 cm³/mol. The Morgan fingerprint density at radius 2 is 2.28 bits per heavy atom. The van der Waals surface area contributed by atoms with Crippen molar-refractivity contribution in [2.45, 2.75) is 26.3 Å². The second-order valence-electron chi connectivity index (χ2n) is 5.03. The molecular weight excluding hydrogens is 231 g/mol. The molecular formula is C14H19FN2O. The van der Waals surface area contributed by atoms with Crippen molar-refractivity contribution in [3.05, 3.63) is 35.1 Å². The molecule has 2 unspecified atom stereocenters. The highest BCUT2D eigenvalue weighted by Gasteiger charge is 2.24. The fourth-order valence-corrected chi connectivity index (χ4v) is 2.29. The number of hydrogen-bond donors (Lipinski definition) is 2. The first-order valence-corrected chi connectivity index (χ1v) is 6.35. The minimum absolute atomic E-state index is 0.124. The fraction of sp³-hybridized carbons (Fsp3) is 0.500. The molecule has 0 spiro atoms. The van der Waals surface area contributed by atoms with Crippen LogP contribution < -0.4 is 10.6 Å². The topological polar surface area (TPSA) is 41.1 Å². The number of amides is 1. The van der Waals surface area contributed by atoms with E-state index in [4.69, 9.17) is 0 Å². The molecule has 1 heterocycles. The Hall–Kier alpha value is -1.42. The third-order valence-corrected chi connectivity index (χ3v) is 3.47. The summed E-state index contributed by atoms with van der Waals surface area (Å²) in [4.78, 5) is 12.1. The zero-order valence-corrected chi connectivity index (χ0v) is 10.8.